The van der Waals surface area contributed by atoms with Crippen molar-refractivity contribution in [1.82, 2.24) is 0 Å². The van der Waals surface area contributed by atoms with Crippen LogP contribution in [0.5, 0.6) is 0 Å². The Bertz CT molecular complexity index is 922. The van der Waals surface area contributed by atoms with Crippen LogP contribution in [0, 0.1) is 0 Å². The molecule has 2 aromatic carbocycles. The molecule has 0 fully saturated rings. The monoisotopic (exact) mass is 378 g/mol. The summed E-state index contributed by atoms with van der Waals surface area (Å²) < 4.78 is 0. The summed E-state index contributed by atoms with van der Waals surface area (Å²) >= 11 is 0. The highest BCUT2D eigenvalue weighted by atomic mass is 16.2. The zero-order chi connectivity index (χ0) is 19.9. The van der Waals surface area contributed by atoms with Crippen LogP contribution >= 0.6 is 0 Å². The van der Waals surface area contributed by atoms with Crippen molar-refractivity contribution in [3.8, 4) is 0 Å². The van der Waals surface area contributed by atoms with Crippen LogP contribution in [0.25, 0.3) is 0 Å². The summed E-state index contributed by atoms with van der Waals surface area (Å²) in [5.41, 5.74) is 3.30. The number of fused-ring (bicyclic) bond motifs is 2. The fraction of sp³-hybridized carbons (Fsp3) is 0.391. The van der Waals surface area contributed by atoms with E-state index in [1.165, 1.54) is 16.0 Å². The van der Waals surface area contributed by atoms with Crippen molar-refractivity contribution in [2.45, 2.75) is 44.7 Å². The highest BCUT2D eigenvalue weighted by Crippen LogP contribution is 2.36. The molecular weight excluding hydrogens is 350 g/mol. The molecule has 1 aliphatic heterocycles. The molecule has 2 amide bonds. The van der Waals surface area contributed by atoms with Gasteiger partial charge in [-0.05, 0) is 44.4 Å². The molecule has 2 N–H and O–H groups in total. The van der Waals surface area contributed by atoms with Gasteiger partial charge in [0.25, 0.3) is 5.91 Å². The van der Waals surface area contributed by atoms with E-state index in [9.17, 15) is 9.59 Å². The molecule has 146 valence electrons. The molecule has 2 atom stereocenters. The fourth-order valence-corrected chi connectivity index (χ4v) is 4.60. The summed E-state index contributed by atoms with van der Waals surface area (Å²) in [7, 11) is 2.09. The van der Waals surface area contributed by atoms with Crippen LogP contribution in [0.1, 0.15) is 43.9 Å². The molecule has 1 heterocycles. The third-order valence-corrected chi connectivity index (χ3v) is 6.15. The zero-order valence-corrected chi connectivity index (χ0v) is 16.8. The lowest BCUT2D eigenvalue weighted by atomic mass is 9.87. The first-order valence-electron chi connectivity index (χ1n) is 10.0. The molecular formula is C23H28N3O2+. The summed E-state index contributed by atoms with van der Waals surface area (Å²) in [6, 6.07) is 16.4. The smallest absolute Gasteiger partial charge is 0.283 e. The van der Waals surface area contributed by atoms with Crippen LogP contribution in [0.2, 0.25) is 0 Å². The maximum Gasteiger partial charge on any atom is 0.283 e. The average Bonchev–Trinajstić information content (AvgIpc) is 2.68. The standard InChI is InChI=1S/C23H27N3O2/c1-23(2)22(28)24-18-12-6-7-13-20(18)26(23)21(27)15-25(3)19-14-8-10-16-9-4-5-11-17(16)19/h4-7,9,11-13,19H,8,10,14-15H2,1-3H3,(H,24,28)/p+1/t19-/m1/s1. The quantitative estimate of drug-likeness (QED) is 0.861. The molecule has 2 aliphatic rings. The van der Waals surface area contributed by atoms with Crippen molar-refractivity contribution < 1.29 is 14.5 Å². The van der Waals surface area contributed by atoms with E-state index in [1.54, 1.807) is 18.7 Å². The van der Waals surface area contributed by atoms with Crippen LogP contribution < -0.4 is 15.1 Å². The zero-order valence-electron chi connectivity index (χ0n) is 16.8. The van der Waals surface area contributed by atoms with E-state index in [0.717, 1.165) is 24.9 Å². The van der Waals surface area contributed by atoms with Gasteiger partial charge >= 0.3 is 0 Å². The van der Waals surface area contributed by atoms with Crippen LogP contribution in [-0.2, 0) is 16.0 Å². The van der Waals surface area contributed by atoms with E-state index in [1.807, 2.05) is 24.3 Å². The predicted molar refractivity (Wildman–Crippen MR) is 111 cm³/mol. The first-order valence-corrected chi connectivity index (χ1v) is 10.0. The van der Waals surface area contributed by atoms with Gasteiger partial charge in [-0.3, -0.25) is 14.5 Å². The van der Waals surface area contributed by atoms with Crippen LogP contribution in [0.4, 0.5) is 11.4 Å². The van der Waals surface area contributed by atoms with Crippen molar-refractivity contribution >= 4 is 23.2 Å². The van der Waals surface area contributed by atoms with Gasteiger partial charge in [-0.15, -0.1) is 0 Å². The molecule has 28 heavy (non-hydrogen) atoms. The van der Waals surface area contributed by atoms with Crippen molar-refractivity contribution in [2.24, 2.45) is 0 Å². The third-order valence-electron chi connectivity index (χ3n) is 6.15. The molecule has 5 heteroatoms. The van der Waals surface area contributed by atoms with Gasteiger partial charge in [-0.1, -0.05) is 36.4 Å². The number of carbonyl (C=O) groups excluding carboxylic acids is 2. The number of hydrogen-bond donors (Lipinski definition) is 2. The van der Waals surface area contributed by atoms with E-state index < -0.39 is 5.54 Å². The molecule has 0 spiro atoms. The van der Waals surface area contributed by atoms with Crippen LogP contribution in [-0.4, -0.2) is 30.9 Å². The highest BCUT2D eigenvalue weighted by Gasteiger charge is 2.44. The SMILES string of the molecule is C[NH+](CC(=O)N1c2ccccc2NC(=O)C1(C)C)[C@@H]1CCCc2ccccc21. The Morgan fingerprint density at radius 2 is 1.89 bits per heavy atom. The van der Waals surface area contributed by atoms with E-state index in [2.05, 4.69) is 36.6 Å². The Labute approximate surface area is 166 Å². The number of quaternary nitrogens is 1. The number of anilines is 2. The highest BCUT2D eigenvalue weighted by molar-refractivity contribution is 6.14. The van der Waals surface area contributed by atoms with Gasteiger partial charge in [0, 0.05) is 12.0 Å². The van der Waals surface area contributed by atoms with Crippen molar-refractivity contribution in [3.63, 3.8) is 0 Å². The van der Waals surface area contributed by atoms with E-state index in [4.69, 9.17) is 0 Å². The number of nitrogens with one attached hydrogen (secondary N) is 2. The molecule has 0 radical (unpaired) electrons. The number of nitrogens with zero attached hydrogens (tertiary/aromatic N) is 1. The number of amides is 2. The molecule has 2 aromatic rings. The number of benzene rings is 2. The Balaban J connectivity index is 1.61. The molecule has 1 aliphatic carbocycles. The minimum Gasteiger partial charge on any atom is -0.323 e. The second kappa shape index (κ2) is 7.06. The average molecular weight is 378 g/mol. The normalized spacial score (nSPS) is 21.3. The van der Waals surface area contributed by atoms with E-state index in [-0.39, 0.29) is 11.8 Å². The summed E-state index contributed by atoms with van der Waals surface area (Å²) in [5, 5.41) is 2.93. The first kappa shape index (κ1) is 18.7. The lowest BCUT2D eigenvalue weighted by Gasteiger charge is -2.42. The molecule has 0 aromatic heterocycles. The van der Waals surface area contributed by atoms with Gasteiger partial charge in [0.05, 0.1) is 18.4 Å². The summed E-state index contributed by atoms with van der Waals surface area (Å²) in [6.07, 6.45) is 3.34. The van der Waals surface area contributed by atoms with E-state index in [0.29, 0.717) is 18.3 Å². The van der Waals surface area contributed by atoms with Gasteiger partial charge in [0.15, 0.2) is 6.54 Å². The maximum absolute atomic E-state index is 13.4. The predicted octanol–water partition coefficient (Wildman–Crippen LogP) is 2.34. The van der Waals surface area contributed by atoms with Gasteiger partial charge in [0.2, 0.25) is 5.91 Å². The molecule has 1 unspecified atom stereocenters. The van der Waals surface area contributed by atoms with Crippen molar-refractivity contribution in [2.75, 3.05) is 23.8 Å². The minimum absolute atomic E-state index is 0.0205. The fourth-order valence-electron chi connectivity index (χ4n) is 4.60. The molecule has 5 nitrogen and oxygen atoms in total. The second-order valence-electron chi connectivity index (χ2n) is 8.43. The number of aryl methyl sites for hydroxylation is 1. The van der Waals surface area contributed by atoms with Crippen LogP contribution in [0.3, 0.4) is 0 Å². The van der Waals surface area contributed by atoms with Gasteiger partial charge in [0.1, 0.15) is 11.6 Å². The summed E-state index contributed by atoms with van der Waals surface area (Å²) in [4.78, 5) is 28.9. The van der Waals surface area contributed by atoms with Crippen molar-refractivity contribution in [1.29, 1.82) is 0 Å². The number of para-hydroxylation sites is 2. The van der Waals surface area contributed by atoms with Crippen LogP contribution in [0.15, 0.2) is 48.5 Å². The van der Waals surface area contributed by atoms with Crippen molar-refractivity contribution in [3.05, 3.63) is 59.7 Å². The maximum atomic E-state index is 13.4. The Kier molecular flexibility index (Phi) is 4.71. The van der Waals surface area contributed by atoms with Gasteiger partial charge in [-0.2, -0.15) is 0 Å². The molecule has 4 rings (SSSR count). The van der Waals surface area contributed by atoms with Gasteiger partial charge in [-0.25, -0.2) is 0 Å². The second-order valence-corrected chi connectivity index (χ2v) is 8.43. The summed E-state index contributed by atoms with van der Waals surface area (Å²) in [5.74, 6) is -0.173. The first-order chi connectivity index (χ1) is 13.4. The number of rotatable bonds is 3. The lowest BCUT2D eigenvalue weighted by molar-refractivity contribution is -0.905. The molecule has 0 bridgehead atoms. The third kappa shape index (κ3) is 3.10. The molecule has 0 saturated carbocycles. The number of carbonyl (C=O) groups is 2. The lowest BCUT2D eigenvalue weighted by Crippen LogP contribution is -3.10. The Morgan fingerprint density at radius 3 is 2.71 bits per heavy atom. The van der Waals surface area contributed by atoms with Gasteiger partial charge < -0.3 is 10.2 Å². The largest absolute Gasteiger partial charge is 0.323 e. The topological polar surface area (TPSA) is 53.9 Å². The van der Waals surface area contributed by atoms with E-state index >= 15 is 0 Å². The number of hydrogen-bond acceptors (Lipinski definition) is 2. The Hall–Kier alpha value is -2.66. The number of likely N-dealkylation sites (N-methyl/N-ethyl adjacent to an activating group) is 1. The minimum atomic E-state index is -0.920. The summed E-state index contributed by atoms with van der Waals surface area (Å²) in [6.45, 7) is 3.97. The molecule has 0 saturated heterocycles. The Morgan fingerprint density at radius 1 is 1.18 bits per heavy atom.